The molecule has 0 spiro atoms. The number of benzene rings is 2. The minimum absolute atomic E-state index is 0.246. The number of ether oxygens (including phenoxy) is 2. The van der Waals surface area contributed by atoms with Crippen LogP contribution in [0.15, 0.2) is 55.2 Å². The molecular formula is C31H36N6O3. The Hall–Kier alpha value is -4.42. The quantitative estimate of drug-likeness (QED) is 0.352. The van der Waals surface area contributed by atoms with E-state index in [0.717, 1.165) is 42.0 Å². The molecule has 1 aliphatic rings. The summed E-state index contributed by atoms with van der Waals surface area (Å²) >= 11 is 0. The van der Waals surface area contributed by atoms with Gasteiger partial charge in [0, 0.05) is 50.7 Å². The molecule has 2 heterocycles. The van der Waals surface area contributed by atoms with Crippen LogP contribution in [0, 0.1) is 25.2 Å². The number of allylic oxidation sites excluding steroid dienone is 1. The van der Waals surface area contributed by atoms with Gasteiger partial charge in [-0.25, -0.2) is 9.78 Å². The van der Waals surface area contributed by atoms with Crippen LogP contribution in [0.1, 0.15) is 43.0 Å². The lowest BCUT2D eigenvalue weighted by molar-refractivity contribution is 0.0139. The lowest BCUT2D eigenvalue weighted by atomic mass is 10.0. The highest BCUT2D eigenvalue weighted by atomic mass is 16.6. The average molecular weight is 541 g/mol. The Kier molecular flexibility index (Phi) is 8.70. The number of nitrogens with zero attached hydrogens (tertiary/aromatic N) is 5. The second-order valence-corrected chi connectivity index (χ2v) is 10.9. The zero-order valence-corrected chi connectivity index (χ0v) is 23.8. The summed E-state index contributed by atoms with van der Waals surface area (Å²) in [6.07, 6.45) is 1.40. The van der Waals surface area contributed by atoms with Crippen LogP contribution in [0.3, 0.4) is 0 Å². The Balaban J connectivity index is 1.32. The van der Waals surface area contributed by atoms with Gasteiger partial charge >= 0.3 is 6.09 Å². The van der Waals surface area contributed by atoms with Crippen LogP contribution in [-0.2, 0) is 11.3 Å². The number of aryl methyl sites for hydroxylation is 2. The Labute approximate surface area is 236 Å². The summed E-state index contributed by atoms with van der Waals surface area (Å²) < 4.78 is 11.6. The number of hydrogen-bond donors (Lipinski definition) is 1. The van der Waals surface area contributed by atoms with Crippen LogP contribution in [0.25, 0.3) is 5.57 Å². The largest absolute Gasteiger partial charge is 0.444 e. The van der Waals surface area contributed by atoms with Gasteiger partial charge in [-0.15, -0.1) is 0 Å². The number of nitrogens with one attached hydrogen (secondary N) is 1. The van der Waals surface area contributed by atoms with Crippen LogP contribution >= 0.6 is 0 Å². The van der Waals surface area contributed by atoms with Crippen molar-refractivity contribution in [3.63, 3.8) is 0 Å². The molecule has 1 N–H and O–H groups in total. The van der Waals surface area contributed by atoms with Crippen LogP contribution in [-0.4, -0.2) is 57.6 Å². The van der Waals surface area contributed by atoms with E-state index in [4.69, 9.17) is 14.7 Å². The van der Waals surface area contributed by atoms with Crippen molar-refractivity contribution in [2.24, 2.45) is 0 Å². The van der Waals surface area contributed by atoms with Gasteiger partial charge in [0.25, 0.3) is 0 Å². The summed E-state index contributed by atoms with van der Waals surface area (Å²) in [7, 11) is 0. The first-order chi connectivity index (χ1) is 19.0. The summed E-state index contributed by atoms with van der Waals surface area (Å²) in [5.74, 6) is 1.53. The van der Waals surface area contributed by atoms with Gasteiger partial charge in [0.15, 0.2) is 0 Å². The van der Waals surface area contributed by atoms with E-state index in [1.165, 1.54) is 5.56 Å². The first kappa shape index (κ1) is 28.6. The van der Waals surface area contributed by atoms with Crippen LogP contribution in [0.4, 0.5) is 16.4 Å². The van der Waals surface area contributed by atoms with Crippen LogP contribution < -0.4 is 10.1 Å². The molecule has 3 aromatic rings. The summed E-state index contributed by atoms with van der Waals surface area (Å²) in [4.78, 5) is 25.3. The van der Waals surface area contributed by atoms with Gasteiger partial charge in [-0.3, -0.25) is 4.90 Å². The number of anilines is 2. The Morgan fingerprint density at radius 1 is 1.07 bits per heavy atom. The molecule has 0 unspecified atom stereocenters. The zero-order valence-electron chi connectivity index (χ0n) is 23.8. The van der Waals surface area contributed by atoms with Gasteiger partial charge in [0.05, 0.1) is 11.6 Å². The smallest absolute Gasteiger partial charge is 0.410 e. The molecule has 0 bridgehead atoms. The predicted molar refractivity (Wildman–Crippen MR) is 155 cm³/mol. The second-order valence-electron chi connectivity index (χ2n) is 10.9. The molecule has 1 fully saturated rings. The number of aromatic nitrogens is 2. The fourth-order valence-corrected chi connectivity index (χ4v) is 4.41. The van der Waals surface area contributed by atoms with Gasteiger partial charge in [-0.1, -0.05) is 18.7 Å². The third-order valence-corrected chi connectivity index (χ3v) is 6.42. The van der Waals surface area contributed by atoms with E-state index in [9.17, 15) is 4.79 Å². The normalized spacial score (nSPS) is 13.8. The molecule has 0 radical (unpaired) electrons. The van der Waals surface area contributed by atoms with E-state index in [0.29, 0.717) is 36.2 Å². The predicted octanol–water partition coefficient (Wildman–Crippen LogP) is 6.22. The fraction of sp³-hybridized carbons (Fsp3) is 0.355. The van der Waals surface area contributed by atoms with Gasteiger partial charge in [-0.2, -0.15) is 10.2 Å². The third kappa shape index (κ3) is 7.58. The average Bonchev–Trinajstić information content (AvgIpc) is 2.91. The van der Waals surface area contributed by atoms with Crippen molar-refractivity contribution in [1.82, 2.24) is 19.8 Å². The highest BCUT2D eigenvalue weighted by molar-refractivity contribution is 5.76. The Bertz CT molecular complexity index is 1390. The minimum Gasteiger partial charge on any atom is -0.444 e. The Morgan fingerprint density at radius 2 is 1.73 bits per heavy atom. The van der Waals surface area contributed by atoms with Crippen molar-refractivity contribution in [2.45, 2.75) is 46.8 Å². The maximum Gasteiger partial charge on any atom is 0.410 e. The molecule has 0 atom stereocenters. The highest BCUT2D eigenvalue weighted by Crippen LogP contribution is 2.31. The SMILES string of the molecule is C=C(C#N)c1cc(C)c(Oc2ccnc(Nc3ccc(CN4CCN(C(=O)OC(C)(C)C)CC4)cc3)n2)c(C)c1. The highest BCUT2D eigenvalue weighted by Gasteiger charge is 2.25. The van der Waals surface area contributed by atoms with Crippen molar-refractivity contribution in [1.29, 1.82) is 5.26 Å². The van der Waals surface area contributed by atoms with E-state index in [2.05, 4.69) is 45.0 Å². The maximum absolute atomic E-state index is 12.3. The zero-order chi connectivity index (χ0) is 28.9. The van der Waals surface area contributed by atoms with Gasteiger partial charge < -0.3 is 19.7 Å². The van der Waals surface area contributed by atoms with E-state index >= 15 is 0 Å². The number of amides is 1. The van der Waals surface area contributed by atoms with Crippen molar-refractivity contribution in [2.75, 3.05) is 31.5 Å². The molecule has 1 amide bonds. The number of carbonyl (C=O) groups is 1. The first-order valence-electron chi connectivity index (χ1n) is 13.3. The molecule has 9 heteroatoms. The molecule has 1 saturated heterocycles. The van der Waals surface area contributed by atoms with E-state index in [1.54, 1.807) is 17.2 Å². The summed E-state index contributed by atoms with van der Waals surface area (Å²) in [5.41, 5.74) is 4.54. The number of rotatable bonds is 7. The van der Waals surface area contributed by atoms with E-state index in [1.807, 2.05) is 58.9 Å². The number of nitriles is 1. The molecule has 9 nitrogen and oxygen atoms in total. The topological polar surface area (TPSA) is 104 Å². The molecule has 0 saturated carbocycles. The van der Waals surface area contributed by atoms with E-state index in [-0.39, 0.29) is 6.09 Å². The molecule has 40 heavy (non-hydrogen) atoms. The van der Waals surface area contributed by atoms with Crippen LogP contribution in [0.2, 0.25) is 0 Å². The van der Waals surface area contributed by atoms with Gasteiger partial charge in [0.1, 0.15) is 11.4 Å². The summed E-state index contributed by atoms with van der Waals surface area (Å²) in [6, 6.07) is 15.7. The molecule has 1 aliphatic heterocycles. The third-order valence-electron chi connectivity index (χ3n) is 6.42. The maximum atomic E-state index is 12.3. The molecule has 0 aliphatic carbocycles. The summed E-state index contributed by atoms with van der Waals surface area (Å²) in [6.45, 7) is 17.0. The van der Waals surface area contributed by atoms with E-state index < -0.39 is 5.60 Å². The standard InChI is InChI=1S/C31H36N6O3/c1-21-17-25(23(3)19-32)18-22(2)28(21)39-27-11-12-33-29(35-27)34-26-9-7-24(8-10-26)20-36-13-15-37(16-14-36)30(38)40-31(4,5)6/h7-12,17-18H,3,13-16,20H2,1-2,4-6H3,(H,33,34,35). The monoisotopic (exact) mass is 540 g/mol. The summed E-state index contributed by atoms with van der Waals surface area (Å²) in [5, 5.41) is 12.4. The van der Waals surface area contributed by atoms with Crippen molar-refractivity contribution < 1.29 is 14.3 Å². The molecule has 1 aromatic heterocycles. The molecule has 208 valence electrons. The van der Waals surface area contributed by atoms with Crippen molar-refractivity contribution >= 4 is 23.3 Å². The Morgan fingerprint density at radius 3 is 2.33 bits per heavy atom. The van der Waals surface area contributed by atoms with Gasteiger partial charge in [-0.05, 0) is 81.1 Å². The first-order valence-corrected chi connectivity index (χ1v) is 13.3. The second kappa shape index (κ2) is 12.2. The molecule has 4 rings (SSSR count). The molecule has 2 aromatic carbocycles. The van der Waals surface area contributed by atoms with Crippen molar-refractivity contribution in [3.8, 4) is 17.7 Å². The van der Waals surface area contributed by atoms with Gasteiger partial charge in [0.2, 0.25) is 11.8 Å². The number of piperazine rings is 1. The lowest BCUT2D eigenvalue weighted by Crippen LogP contribution is -2.49. The molecular weight excluding hydrogens is 504 g/mol. The van der Waals surface area contributed by atoms with Crippen LogP contribution in [0.5, 0.6) is 11.6 Å². The number of hydrogen-bond acceptors (Lipinski definition) is 8. The fourth-order valence-electron chi connectivity index (χ4n) is 4.41. The van der Waals surface area contributed by atoms with Crippen molar-refractivity contribution in [3.05, 3.63) is 77.5 Å². The lowest BCUT2D eigenvalue weighted by Gasteiger charge is -2.35. The minimum atomic E-state index is -0.483. The number of carbonyl (C=O) groups excluding carboxylic acids is 1.